The third-order valence-electron chi connectivity index (χ3n) is 5.09. The van der Waals surface area contributed by atoms with Gasteiger partial charge in [-0.1, -0.05) is 0 Å². The molecule has 1 amide bonds. The maximum atomic E-state index is 10.9. The zero-order valence-corrected chi connectivity index (χ0v) is 10.4. The van der Waals surface area contributed by atoms with Gasteiger partial charge in [0.05, 0.1) is 0 Å². The summed E-state index contributed by atoms with van der Waals surface area (Å²) in [6.45, 7) is 4.09. The lowest BCUT2D eigenvalue weighted by atomic mass is 9.60. The molecule has 1 spiro atoms. The highest BCUT2D eigenvalue weighted by Gasteiger charge is 2.48. The van der Waals surface area contributed by atoms with E-state index in [1.165, 1.54) is 38.8 Å². The van der Waals surface area contributed by atoms with Crippen molar-refractivity contribution in [1.29, 1.82) is 0 Å². The van der Waals surface area contributed by atoms with Crippen LogP contribution < -0.4 is 0 Å². The molecule has 0 aromatic carbocycles. The average molecular weight is 238 g/mol. The topological polar surface area (TPSA) is 43.8 Å². The van der Waals surface area contributed by atoms with E-state index in [-0.39, 0.29) is 0 Å². The van der Waals surface area contributed by atoms with Gasteiger partial charge >= 0.3 is 6.09 Å². The molecule has 17 heavy (non-hydrogen) atoms. The Labute approximate surface area is 103 Å². The number of piperidine rings is 1. The summed E-state index contributed by atoms with van der Waals surface area (Å²) in [4.78, 5) is 15.1. The van der Waals surface area contributed by atoms with E-state index >= 15 is 0 Å². The van der Waals surface area contributed by atoms with Crippen LogP contribution in [0.25, 0.3) is 0 Å². The van der Waals surface area contributed by atoms with E-state index in [1.54, 1.807) is 4.90 Å². The lowest BCUT2D eigenvalue weighted by molar-refractivity contribution is -0.0316. The van der Waals surface area contributed by atoms with E-state index < -0.39 is 6.09 Å². The summed E-state index contributed by atoms with van der Waals surface area (Å²) < 4.78 is 0. The van der Waals surface area contributed by atoms with Crippen LogP contribution in [0.15, 0.2) is 0 Å². The number of rotatable bonds is 1. The fraction of sp³-hybridized carbons (Fsp3) is 0.923. The van der Waals surface area contributed by atoms with Crippen molar-refractivity contribution in [2.24, 2.45) is 5.41 Å². The normalized spacial score (nSPS) is 29.5. The van der Waals surface area contributed by atoms with Crippen LogP contribution in [0.1, 0.15) is 38.5 Å². The minimum absolute atomic E-state index is 0.499. The second kappa shape index (κ2) is 4.16. The van der Waals surface area contributed by atoms with Crippen molar-refractivity contribution >= 4 is 6.09 Å². The third kappa shape index (κ3) is 2.03. The van der Waals surface area contributed by atoms with Crippen LogP contribution >= 0.6 is 0 Å². The zero-order chi connectivity index (χ0) is 11.9. The van der Waals surface area contributed by atoms with Crippen molar-refractivity contribution in [2.75, 3.05) is 26.2 Å². The molecule has 3 rings (SSSR count). The Morgan fingerprint density at radius 2 is 1.65 bits per heavy atom. The van der Waals surface area contributed by atoms with Gasteiger partial charge in [0.25, 0.3) is 0 Å². The molecule has 2 saturated heterocycles. The minimum Gasteiger partial charge on any atom is -0.465 e. The minimum atomic E-state index is -0.740. The van der Waals surface area contributed by atoms with Crippen LogP contribution in [0, 0.1) is 5.41 Å². The first-order valence-corrected chi connectivity index (χ1v) is 6.91. The molecule has 0 atom stereocenters. The Bertz CT molecular complexity index is 297. The molecule has 96 valence electrons. The number of hydrogen-bond acceptors (Lipinski definition) is 2. The molecular formula is C13H22N2O2. The maximum Gasteiger partial charge on any atom is 0.407 e. The summed E-state index contributed by atoms with van der Waals surface area (Å²) in [5.41, 5.74) is 0.499. The second-order valence-electron chi connectivity index (χ2n) is 6.07. The van der Waals surface area contributed by atoms with Crippen LogP contribution in [0.3, 0.4) is 0 Å². The standard InChI is InChI=1S/C13H22N2O2/c16-12(17)15-7-3-13(4-8-15)9-11(10-13)14-5-1-2-6-14/h11H,1-10H2,(H,16,17). The fourth-order valence-corrected chi connectivity index (χ4v) is 3.89. The predicted octanol–water partition coefficient (Wildman–Crippen LogP) is 2.00. The molecule has 0 aromatic heterocycles. The highest BCUT2D eigenvalue weighted by molar-refractivity contribution is 5.65. The summed E-state index contributed by atoms with van der Waals surface area (Å²) in [5, 5.41) is 8.94. The lowest BCUT2D eigenvalue weighted by Gasteiger charge is -2.54. The Hall–Kier alpha value is -0.770. The molecule has 1 aliphatic carbocycles. The quantitative estimate of drug-likeness (QED) is 0.760. The van der Waals surface area contributed by atoms with E-state index in [0.29, 0.717) is 5.41 Å². The number of nitrogens with zero attached hydrogens (tertiary/aromatic N) is 2. The first kappa shape index (κ1) is 11.3. The van der Waals surface area contributed by atoms with Gasteiger partial charge in [-0.25, -0.2) is 4.79 Å². The number of carboxylic acid groups (broad SMARTS) is 1. The number of hydrogen-bond donors (Lipinski definition) is 1. The fourth-order valence-electron chi connectivity index (χ4n) is 3.89. The summed E-state index contributed by atoms with van der Waals surface area (Å²) in [6, 6.07) is 0.814. The van der Waals surface area contributed by atoms with Gasteiger partial charge in [-0.05, 0) is 57.0 Å². The van der Waals surface area contributed by atoms with Crippen LogP contribution in [0.5, 0.6) is 0 Å². The van der Waals surface area contributed by atoms with Gasteiger partial charge in [0.2, 0.25) is 0 Å². The molecule has 1 saturated carbocycles. The maximum absolute atomic E-state index is 10.9. The molecular weight excluding hydrogens is 216 g/mol. The summed E-state index contributed by atoms with van der Waals surface area (Å²) >= 11 is 0. The van der Waals surface area contributed by atoms with Gasteiger partial charge in [-0.3, -0.25) is 0 Å². The van der Waals surface area contributed by atoms with Crippen LogP contribution in [0.4, 0.5) is 4.79 Å². The van der Waals surface area contributed by atoms with Gasteiger partial charge in [-0.2, -0.15) is 0 Å². The van der Waals surface area contributed by atoms with Crippen molar-refractivity contribution in [1.82, 2.24) is 9.80 Å². The van der Waals surface area contributed by atoms with Crippen molar-refractivity contribution in [3.8, 4) is 0 Å². The first-order chi connectivity index (χ1) is 8.19. The van der Waals surface area contributed by atoms with Crippen LogP contribution in [-0.2, 0) is 0 Å². The Morgan fingerprint density at radius 3 is 2.18 bits per heavy atom. The molecule has 0 unspecified atom stereocenters. The first-order valence-electron chi connectivity index (χ1n) is 6.91. The monoisotopic (exact) mass is 238 g/mol. The second-order valence-corrected chi connectivity index (χ2v) is 6.07. The van der Waals surface area contributed by atoms with Crippen molar-refractivity contribution in [3.05, 3.63) is 0 Å². The van der Waals surface area contributed by atoms with Gasteiger partial charge in [0.15, 0.2) is 0 Å². The lowest BCUT2D eigenvalue weighted by Crippen LogP contribution is -2.54. The molecule has 3 fully saturated rings. The van der Waals surface area contributed by atoms with Gasteiger partial charge in [0, 0.05) is 19.1 Å². The molecule has 4 nitrogen and oxygen atoms in total. The van der Waals surface area contributed by atoms with E-state index in [2.05, 4.69) is 4.90 Å². The van der Waals surface area contributed by atoms with E-state index in [1.807, 2.05) is 0 Å². The van der Waals surface area contributed by atoms with Gasteiger partial charge in [-0.15, -0.1) is 0 Å². The van der Waals surface area contributed by atoms with Crippen LogP contribution in [0.2, 0.25) is 0 Å². The number of amides is 1. The molecule has 3 aliphatic rings. The molecule has 4 heteroatoms. The Kier molecular flexibility index (Phi) is 2.77. The zero-order valence-electron chi connectivity index (χ0n) is 10.4. The van der Waals surface area contributed by atoms with Crippen molar-refractivity contribution < 1.29 is 9.90 Å². The van der Waals surface area contributed by atoms with Gasteiger partial charge < -0.3 is 14.9 Å². The molecule has 0 bridgehead atoms. The van der Waals surface area contributed by atoms with Gasteiger partial charge in [0.1, 0.15) is 0 Å². The molecule has 2 aliphatic heterocycles. The van der Waals surface area contributed by atoms with E-state index in [9.17, 15) is 4.79 Å². The summed E-state index contributed by atoms with van der Waals surface area (Å²) in [6.07, 6.45) is 6.82. The highest BCUT2D eigenvalue weighted by atomic mass is 16.4. The average Bonchev–Trinajstić information content (AvgIpc) is 2.79. The third-order valence-corrected chi connectivity index (χ3v) is 5.09. The SMILES string of the molecule is O=C(O)N1CCC2(CC1)CC(N1CCCC1)C2. The highest BCUT2D eigenvalue weighted by Crippen LogP contribution is 2.51. The molecule has 0 radical (unpaired) electrons. The summed E-state index contributed by atoms with van der Waals surface area (Å²) in [7, 11) is 0. The van der Waals surface area contributed by atoms with E-state index in [4.69, 9.17) is 5.11 Å². The largest absolute Gasteiger partial charge is 0.465 e. The molecule has 1 N–H and O–H groups in total. The smallest absolute Gasteiger partial charge is 0.407 e. The molecule has 0 aromatic rings. The van der Waals surface area contributed by atoms with Crippen molar-refractivity contribution in [2.45, 2.75) is 44.6 Å². The van der Waals surface area contributed by atoms with E-state index in [0.717, 1.165) is 32.0 Å². The predicted molar refractivity (Wildman–Crippen MR) is 65.1 cm³/mol. The van der Waals surface area contributed by atoms with Crippen molar-refractivity contribution in [3.63, 3.8) is 0 Å². The summed E-state index contributed by atoms with van der Waals surface area (Å²) in [5.74, 6) is 0. The van der Waals surface area contributed by atoms with Crippen LogP contribution in [-0.4, -0.2) is 53.2 Å². The molecule has 2 heterocycles. The Morgan fingerprint density at radius 1 is 1.06 bits per heavy atom. The number of carbonyl (C=O) groups is 1. The number of likely N-dealkylation sites (tertiary alicyclic amines) is 2. The Balaban J connectivity index is 1.49.